The van der Waals surface area contributed by atoms with Crippen LogP contribution >= 0.6 is 8.46 Å². The average Bonchev–Trinajstić information content (AvgIpc) is 2.34. The molecule has 0 radical (unpaired) electrons. The molecule has 3 nitrogen and oxygen atoms in total. The molecule has 2 unspecified atom stereocenters. The standard InChI is InChI=1S/C10H8F4NO2P/c11-7(10(12,13)14)8(16)15-9(18-17)6-4-2-1-3-5-6/h1-5,7,9H,(H,15,16). The van der Waals surface area contributed by atoms with Crippen LogP contribution in [0.5, 0.6) is 0 Å². The van der Waals surface area contributed by atoms with Gasteiger partial charge in [-0.3, -0.25) is 9.36 Å². The van der Waals surface area contributed by atoms with Gasteiger partial charge in [0.2, 0.25) is 0 Å². The molecular formula is C10H8F4NO2P. The van der Waals surface area contributed by atoms with Crippen molar-refractivity contribution in [3.63, 3.8) is 0 Å². The van der Waals surface area contributed by atoms with E-state index in [0.717, 1.165) is 0 Å². The van der Waals surface area contributed by atoms with Crippen molar-refractivity contribution < 1.29 is 26.9 Å². The van der Waals surface area contributed by atoms with Crippen LogP contribution in [-0.2, 0) is 9.36 Å². The Bertz CT molecular complexity index is 424. The van der Waals surface area contributed by atoms with Crippen molar-refractivity contribution in [1.82, 2.24) is 5.32 Å². The SMILES string of the molecule is O=PC(NC(=O)C(F)C(F)(F)F)c1ccccc1. The lowest BCUT2D eigenvalue weighted by Gasteiger charge is -2.16. The fourth-order valence-electron chi connectivity index (χ4n) is 1.16. The molecule has 0 aliphatic carbocycles. The number of carbonyl (C=O) groups is 1. The van der Waals surface area contributed by atoms with Crippen molar-refractivity contribution >= 4 is 14.4 Å². The van der Waals surface area contributed by atoms with Gasteiger partial charge < -0.3 is 5.32 Å². The first-order chi connectivity index (χ1) is 8.36. The van der Waals surface area contributed by atoms with Gasteiger partial charge in [0, 0.05) is 0 Å². The van der Waals surface area contributed by atoms with E-state index in [1.54, 1.807) is 23.5 Å². The number of nitrogens with one attached hydrogen (secondary N) is 1. The predicted molar refractivity (Wildman–Crippen MR) is 55.9 cm³/mol. The second kappa shape index (κ2) is 5.91. The molecule has 0 aliphatic rings. The monoisotopic (exact) mass is 281 g/mol. The van der Waals surface area contributed by atoms with Crippen LogP contribution in [-0.4, -0.2) is 18.3 Å². The van der Waals surface area contributed by atoms with Gasteiger partial charge in [0.1, 0.15) is 5.78 Å². The predicted octanol–water partition coefficient (Wildman–Crippen LogP) is 2.99. The summed E-state index contributed by atoms with van der Waals surface area (Å²) in [5, 5.41) is 1.73. The lowest BCUT2D eigenvalue weighted by Crippen LogP contribution is -2.41. The number of alkyl halides is 4. The summed E-state index contributed by atoms with van der Waals surface area (Å²) in [6.07, 6.45) is -8.91. The first-order valence-corrected chi connectivity index (χ1v) is 5.63. The molecule has 98 valence electrons. The largest absolute Gasteiger partial charge is 0.428 e. The van der Waals surface area contributed by atoms with Crippen LogP contribution < -0.4 is 5.32 Å². The molecule has 0 heterocycles. The maximum absolute atomic E-state index is 12.7. The van der Waals surface area contributed by atoms with E-state index in [9.17, 15) is 26.9 Å². The molecule has 8 heteroatoms. The van der Waals surface area contributed by atoms with Crippen molar-refractivity contribution in [3.05, 3.63) is 35.9 Å². The molecule has 0 fully saturated rings. The van der Waals surface area contributed by atoms with Gasteiger partial charge in [-0.2, -0.15) is 13.2 Å². The van der Waals surface area contributed by atoms with Crippen LogP contribution in [0, 0.1) is 0 Å². The van der Waals surface area contributed by atoms with Gasteiger partial charge in [0.25, 0.3) is 12.1 Å². The lowest BCUT2D eigenvalue weighted by atomic mass is 10.2. The maximum atomic E-state index is 12.7. The number of halogens is 4. The van der Waals surface area contributed by atoms with E-state index in [-0.39, 0.29) is 0 Å². The summed E-state index contributed by atoms with van der Waals surface area (Å²) in [5.74, 6) is -3.07. The first kappa shape index (κ1) is 14.6. The van der Waals surface area contributed by atoms with Crippen molar-refractivity contribution in [2.45, 2.75) is 18.1 Å². The van der Waals surface area contributed by atoms with Gasteiger partial charge in [-0.05, 0) is 5.56 Å². The minimum atomic E-state index is -5.27. The molecule has 0 bridgehead atoms. The summed E-state index contributed by atoms with van der Waals surface area (Å²) in [7, 11) is -0.629. The van der Waals surface area contributed by atoms with E-state index < -0.39 is 32.5 Å². The molecular weight excluding hydrogens is 273 g/mol. The highest BCUT2D eigenvalue weighted by Gasteiger charge is 2.46. The molecule has 0 spiro atoms. The highest BCUT2D eigenvalue weighted by atomic mass is 31.1. The summed E-state index contributed by atoms with van der Waals surface area (Å²) in [6.45, 7) is 0. The van der Waals surface area contributed by atoms with Crippen molar-refractivity contribution in [3.8, 4) is 0 Å². The van der Waals surface area contributed by atoms with Gasteiger partial charge >= 0.3 is 6.18 Å². The van der Waals surface area contributed by atoms with Crippen LogP contribution in [0.1, 0.15) is 11.3 Å². The Balaban J connectivity index is 2.77. The molecule has 0 aliphatic heterocycles. The second-order valence-electron chi connectivity index (χ2n) is 3.33. The van der Waals surface area contributed by atoms with E-state index in [1.165, 1.54) is 12.1 Å². The summed E-state index contributed by atoms with van der Waals surface area (Å²) in [6, 6.07) is 7.65. The van der Waals surface area contributed by atoms with Crippen LogP contribution in [0.15, 0.2) is 30.3 Å². The number of benzene rings is 1. The Labute approximate surface area is 101 Å². The van der Waals surface area contributed by atoms with Gasteiger partial charge in [-0.15, -0.1) is 0 Å². The minimum absolute atomic E-state index is 0.317. The summed E-state index contributed by atoms with van der Waals surface area (Å²) < 4.78 is 59.3. The lowest BCUT2D eigenvalue weighted by molar-refractivity contribution is -0.186. The molecule has 0 saturated carbocycles. The molecule has 0 aromatic heterocycles. The van der Waals surface area contributed by atoms with Gasteiger partial charge in [-0.1, -0.05) is 30.3 Å². The topological polar surface area (TPSA) is 46.2 Å². The van der Waals surface area contributed by atoms with Crippen LogP contribution in [0.3, 0.4) is 0 Å². The van der Waals surface area contributed by atoms with Crippen LogP contribution in [0.2, 0.25) is 0 Å². The van der Waals surface area contributed by atoms with E-state index >= 15 is 0 Å². The fourth-order valence-corrected chi connectivity index (χ4v) is 1.64. The smallest absolute Gasteiger partial charge is 0.336 e. The molecule has 1 N–H and O–H groups in total. The third-order valence-electron chi connectivity index (χ3n) is 2.02. The normalized spacial score (nSPS) is 15.1. The molecule has 18 heavy (non-hydrogen) atoms. The number of rotatable bonds is 4. The minimum Gasteiger partial charge on any atom is -0.336 e. The third-order valence-corrected chi connectivity index (χ3v) is 2.66. The van der Waals surface area contributed by atoms with E-state index in [4.69, 9.17) is 0 Å². The quantitative estimate of drug-likeness (QED) is 0.681. The van der Waals surface area contributed by atoms with Crippen molar-refractivity contribution in [1.29, 1.82) is 0 Å². The zero-order valence-electron chi connectivity index (χ0n) is 8.82. The fraction of sp³-hybridized carbons (Fsp3) is 0.300. The average molecular weight is 281 g/mol. The Morgan fingerprint density at radius 2 is 1.78 bits per heavy atom. The Kier molecular flexibility index (Phi) is 4.78. The number of carbonyl (C=O) groups excluding carboxylic acids is 1. The van der Waals surface area contributed by atoms with E-state index in [1.807, 2.05) is 0 Å². The summed E-state index contributed by atoms with van der Waals surface area (Å²) in [4.78, 5) is 11.0. The molecule has 1 amide bonds. The van der Waals surface area contributed by atoms with Crippen LogP contribution in [0.25, 0.3) is 0 Å². The third kappa shape index (κ3) is 3.77. The van der Waals surface area contributed by atoms with Crippen molar-refractivity contribution in [2.24, 2.45) is 0 Å². The number of hydrogen-bond donors (Lipinski definition) is 1. The second-order valence-corrected chi connectivity index (χ2v) is 4.06. The maximum Gasteiger partial charge on any atom is 0.428 e. The zero-order valence-corrected chi connectivity index (χ0v) is 9.71. The first-order valence-electron chi connectivity index (χ1n) is 4.75. The highest BCUT2D eigenvalue weighted by molar-refractivity contribution is 7.24. The number of hydrogen-bond acceptors (Lipinski definition) is 2. The molecule has 2 atom stereocenters. The molecule has 1 rings (SSSR count). The summed E-state index contributed by atoms with van der Waals surface area (Å²) >= 11 is 0. The van der Waals surface area contributed by atoms with Crippen molar-refractivity contribution in [2.75, 3.05) is 0 Å². The molecule has 1 aromatic rings. The zero-order chi connectivity index (χ0) is 13.8. The Hall–Kier alpha value is -1.49. The van der Waals surface area contributed by atoms with Crippen LogP contribution in [0.4, 0.5) is 17.6 Å². The van der Waals surface area contributed by atoms with E-state index in [0.29, 0.717) is 5.56 Å². The van der Waals surface area contributed by atoms with Gasteiger partial charge in [0.05, 0.1) is 0 Å². The van der Waals surface area contributed by atoms with E-state index in [2.05, 4.69) is 0 Å². The Morgan fingerprint density at radius 3 is 2.22 bits per heavy atom. The van der Waals surface area contributed by atoms with Gasteiger partial charge in [0.15, 0.2) is 8.46 Å². The number of amides is 1. The molecule has 1 aromatic carbocycles. The Morgan fingerprint density at radius 1 is 1.22 bits per heavy atom. The summed E-state index contributed by atoms with van der Waals surface area (Å²) in [5.41, 5.74) is 0.317. The van der Waals surface area contributed by atoms with Gasteiger partial charge in [-0.25, -0.2) is 4.39 Å². The molecule has 0 saturated heterocycles. The highest BCUT2D eigenvalue weighted by Crippen LogP contribution is 2.27.